The van der Waals surface area contributed by atoms with Crippen molar-refractivity contribution in [1.29, 1.82) is 0 Å². The number of alkyl halides is 3. The lowest BCUT2D eigenvalue weighted by molar-refractivity contribution is -0.384. The molecule has 0 bridgehead atoms. The van der Waals surface area contributed by atoms with Gasteiger partial charge in [-0.25, -0.2) is 0 Å². The highest BCUT2D eigenvalue weighted by Gasteiger charge is 2.30. The summed E-state index contributed by atoms with van der Waals surface area (Å²) in [4.78, 5) is 26.3. The largest absolute Gasteiger partial charge is 0.416 e. The van der Waals surface area contributed by atoms with Gasteiger partial charge in [0, 0.05) is 50.1 Å². The molecule has 0 spiro atoms. The van der Waals surface area contributed by atoms with Crippen molar-refractivity contribution >= 4 is 23.4 Å². The fourth-order valence-electron chi connectivity index (χ4n) is 3.08. The Morgan fingerprint density at radius 3 is 2.38 bits per heavy atom. The number of halogens is 3. The van der Waals surface area contributed by atoms with Crippen molar-refractivity contribution in [1.82, 2.24) is 4.90 Å². The van der Waals surface area contributed by atoms with Crippen molar-refractivity contribution in [3.63, 3.8) is 0 Å². The minimum Gasteiger partial charge on any atom is -0.368 e. The maximum atomic E-state index is 12.8. The van der Waals surface area contributed by atoms with Gasteiger partial charge >= 0.3 is 6.18 Å². The van der Waals surface area contributed by atoms with E-state index in [1.807, 2.05) is 4.90 Å². The van der Waals surface area contributed by atoms with Gasteiger partial charge in [0.05, 0.1) is 10.5 Å². The van der Waals surface area contributed by atoms with E-state index in [1.165, 1.54) is 36.4 Å². The van der Waals surface area contributed by atoms with Crippen LogP contribution in [0.15, 0.2) is 54.6 Å². The number of hydrogen-bond donors (Lipinski definition) is 0. The van der Waals surface area contributed by atoms with E-state index < -0.39 is 16.7 Å². The lowest BCUT2D eigenvalue weighted by atomic mass is 10.1. The molecule has 0 saturated carbocycles. The predicted octanol–water partition coefficient (Wildman–Crippen LogP) is 3.98. The minimum atomic E-state index is -4.43. The van der Waals surface area contributed by atoms with Crippen LogP contribution in [0.5, 0.6) is 0 Å². The second-order valence-corrected chi connectivity index (χ2v) is 6.55. The van der Waals surface area contributed by atoms with Crippen LogP contribution < -0.4 is 4.90 Å². The zero-order valence-electron chi connectivity index (χ0n) is 15.3. The van der Waals surface area contributed by atoms with Crippen LogP contribution in [-0.4, -0.2) is 41.9 Å². The number of carbonyl (C=O) groups excluding carboxylic acids is 1. The van der Waals surface area contributed by atoms with Crippen LogP contribution in [0.4, 0.5) is 24.5 Å². The fourth-order valence-corrected chi connectivity index (χ4v) is 3.08. The van der Waals surface area contributed by atoms with Gasteiger partial charge in [-0.05, 0) is 29.8 Å². The number of piperazine rings is 1. The zero-order chi connectivity index (χ0) is 21.0. The molecule has 0 radical (unpaired) electrons. The topological polar surface area (TPSA) is 66.7 Å². The Kier molecular flexibility index (Phi) is 5.86. The monoisotopic (exact) mass is 405 g/mol. The first kappa shape index (κ1) is 20.4. The molecule has 0 unspecified atom stereocenters. The lowest BCUT2D eigenvalue weighted by Gasteiger charge is -2.35. The molecular formula is C20H18F3N3O3. The molecule has 2 aromatic rings. The van der Waals surface area contributed by atoms with Crippen molar-refractivity contribution in [3.05, 3.63) is 75.8 Å². The van der Waals surface area contributed by atoms with Crippen LogP contribution in [-0.2, 0) is 11.0 Å². The summed E-state index contributed by atoms with van der Waals surface area (Å²) >= 11 is 0. The lowest BCUT2D eigenvalue weighted by Crippen LogP contribution is -2.48. The van der Waals surface area contributed by atoms with Crippen LogP contribution in [0.3, 0.4) is 0 Å². The molecule has 1 aliphatic heterocycles. The van der Waals surface area contributed by atoms with Crippen LogP contribution >= 0.6 is 0 Å². The van der Waals surface area contributed by atoms with E-state index in [0.29, 0.717) is 37.4 Å². The molecule has 152 valence electrons. The third-order valence-electron chi connectivity index (χ3n) is 4.63. The molecule has 6 nitrogen and oxygen atoms in total. The van der Waals surface area contributed by atoms with Crippen molar-refractivity contribution in [2.75, 3.05) is 31.1 Å². The molecule has 1 aliphatic rings. The first-order chi connectivity index (χ1) is 13.7. The molecule has 1 saturated heterocycles. The molecule has 1 amide bonds. The normalized spacial score (nSPS) is 15.0. The van der Waals surface area contributed by atoms with Gasteiger partial charge in [0.15, 0.2) is 0 Å². The average Bonchev–Trinajstić information content (AvgIpc) is 2.72. The van der Waals surface area contributed by atoms with Gasteiger partial charge < -0.3 is 9.80 Å². The van der Waals surface area contributed by atoms with E-state index in [1.54, 1.807) is 17.0 Å². The van der Waals surface area contributed by atoms with E-state index >= 15 is 0 Å². The number of nitro groups is 1. The summed E-state index contributed by atoms with van der Waals surface area (Å²) in [6, 6.07) is 11.1. The maximum absolute atomic E-state index is 12.8. The van der Waals surface area contributed by atoms with Gasteiger partial charge in [-0.15, -0.1) is 0 Å². The number of nitro benzene ring substituents is 1. The average molecular weight is 405 g/mol. The first-order valence-electron chi connectivity index (χ1n) is 8.88. The molecule has 9 heteroatoms. The summed E-state index contributed by atoms with van der Waals surface area (Å²) in [5, 5.41) is 10.9. The Morgan fingerprint density at radius 2 is 1.72 bits per heavy atom. The van der Waals surface area contributed by atoms with E-state index in [-0.39, 0.29) is 11.6 Å². The van der Waals surface area contributed by atoms with E-state index in [9.17, 15) is 28.1 Å². The second kappa shape index (κ2) is 8.34. The molecule has 1 fully saturated rings. The Bertz CT molecular complexity index is 936. The predicted molar refractivity (Wildman–Crippen MR) is 102 cm³/mol. The first-order valence-corrected chi connectivity index (χ1v) is 8.88. The molecule has 0 atom stereocenters. The third-order valence-corrected chi connectivity index (χ3v) is 4.63. The van der Waals surface area contributed by atoms with Gasteiger partial charge in [0.1, 0.15) is 0 Å². The van der Waals surface area contributed by atoms with Crippen molar-refractivity contribution in [3.8, 4) is 0 Å². The Morgan fingerprint density at radius 1 is 1.03 bits per heavy atom. The highest BCUT2D eigenvalue weighted by atomic mass is 19.4. The van der Waals surface area contributed by atoms with Gasteiger partial charge in [-0.1, -0.05) is 18.2 Å². The highest BCUT2D eigenvalue weighted by molar-refractivity contribution is 5.92. The Labute approximate surface area is 165 Å². The summed E-state index contributed by atoms with van der Waals surface area (Å²) in [5.74, 6) is -0.291. The maximum Gasteiger partial charge on any atom is 0.416 e. The summed E-state index contributed by atoms with van der Waals surface area (Å²) < 4.78 is 38.3. The summed E-state index contributed by atoms with van der Waals surface area (Å²) in [5.41, 5.74) is 0.247. The number of nitrogens with zero attached hydrogens (tertiary/aromatic N) is 3. The molecular weight excluding hydrogens is 387 g/mol. The molecule has 0 aromatic heterocycles. The number of benzene rings is 2. The Balaban J connectivity index is 1.60. The number of non-ortho nitro benzene ring substituents is 1. The van der Waals surface area contributed by atoms with Crippen molar-refractivity contribution < 1.29 is 22.9 Å². The molecule has 2 aromatic carbocycles. The number of hydrogen-bond acceptors (Lipinski definition) is 4. The third kappa shape index (κ3) is 5.13. The smallest absolute Gasteiger partial charge is 0.368 e. The molecule has 3 rings (SSSR count). The van der Waals surface area contributed by atoms with Crippen LogP contribution in [0.25, 0.3) is 6.08 Å². The van der Waals surface area contributed by atoms with Gasteiger partial charge in [0.2, 0.25) is 5.91 Å². The van der Waals surface area contributed by atoms with Crippen LogP contribution in [0.2, 0.25) is 0 Å². The van der Waals surface area contributed by atoms with Crippen LogP contribution in [0, 0.1) is 10.1 Å². The summed E-state index contributed by atoms with van der Waals surface area (Å²) in [6.07, 6.45) is -1.81. The van der Waals surface area contributed by atoms with E-state index in [0.717, 1.165) is 12.1 Å². The Hall–Kier alpha value is -3.36. The quantitative estimate of drug-likeness (QED) is 0.439. The fraction of sp³-hybridized carbons (Fsp3) is 0.250. The zero-order valence-corrected chi connectivity index (χ0v) is 15.3. The minimum absolute atomic E-state index is 0.00465. The number of anilines is 1. The molecule has 1 heterocycles. The van der Waals surface area contributed by atoms with Crippen LogP contribution in [0.1, 0.15) is 11.1 Å². The van der Waals surface area contributed by atoms with Gasteiger partial charge in [-0.3, -0.25) is 14.9 Å². The number of carbonyl (C=O) groups is 1. The van der Waals surface area contributed by atoms with Gasteiger partial charge in [-0.2, -0.15) is 13.2 Å². The van der Waals surface area contributed by atoms with E-state index in [4.69, 9.17) is 0 Å². The SMILES string of the molecule is O=C(/C=C/c1cccc(C(F)(F)F)c1)N1CCN(c2cccc([N+](=O)[O-])c2)CC1. The highest BCUT2D eigenvalue weighted by Crippen LogP contribution is 2.29. The van der Waals surface area contributed by atoms with Gasteiger partial charge in [0.25, 0.3) is 5.69 Å². The number of amides is 1. The van der Waals surface area contributed by atoms with Crippen molar-refractivity contribution in [2.24, 2.45) is 0 Å². The van der Waals surface area contributed by atoms with E-state index in [2.05, 4.69) is 0 Å². The second-order valence-electron chi connectivity index (χ2n) is 6.55. The summed E-state index contributed by atoms with van der Waals surface area (Å²) in [7, 11) is 0. The summed E-state index contributed by atoms with van der Waals surface area (Å²) in [6.45, 7) is 1.83. The molecule has 0 aliphatic carbocycles. The van der Waals surface area contributed by atoms with Crippen molar-refractivity contribution in [2.45, 2.75) is 6.18 Å². The molecule has 29 heavy (non-hydrogen) atoms. The standard InChI is InChI=1S/C20H18F3N3O3/c21-20(22,23)16-4-1-3-15(13-16)7-8-19(27)25-11-9-24(10-12-25)17-5-2-6-18(14-17)26(28)29/h1-8,13-14H,9-12H2/b8-7+. The number of rotatable bonds is 4. The molecule has 0 N–H and O–H groups in total.